The van der Waals surface area contributed by atoms with Gasteiger partial charge in [0.2, 0.25) is 0 Å². The van der Waals surface area contributed by atoms with Crippen LogP contribution in [0.3, 0.4) is 0 Å². The van der Waals surface area contributed by atoms with Gasteiger partial charge in [0, 0.05) is 4.88 Å². The summed E-state index contributed by atoms with van der Waals surface area (Å²) in [7, 11) is 0. The SMILES string of the molecule is CCCC(C)(N)C(=O)c1ccc(C)s1. The molecule has 1 atom stereocenters. The summed E-state index contributed by atoms with van der Waals surface area (Å²) in [6, 6.07) is 3.82. The standard InChI is InChI=1S/C11H17NOS/c1-4-7-11(3,12)10(13)9-6-5-8(2)14-9/h5-6H,4,7,12H2,1-3H3. The fourth-order valence-corrected chi connectivity index (χ4v) is 2.42. The maximum absolute atomic E-state index is 12.0. The van der Waals surface area contributed by atoms with Crippen molar-refractivity contribution in [1.82, 2.24) is 0 Å². The smallest absolute Gasteiger partial charge is 0.192 e. The number of ketones is 1. The van der Waals surface area contributed by atoms with Crippen LogP contribution in [-0.4, -0.2) is 11.3 Å². The van der Waals surface area contributed by atoms with Crippen molar-refractivity contribution in [2.45, 2.75) is 39.2 Å². The van der Waals surface area contributed by atoms with Crippen molar-refractivity contribution < 1.29 is 4.79 Å². The fraction of sp³-hybridized carbons (Fsp3) is 0.545. The van der Waals surface area contributed by atoms with E-state index in [1.165, 1.54) is 11.3 Å². The quantitative estimate of drug-likeness (QED) is 0.778. The average molecular weight is 211 g/mol. The minimum Gasteiger partial charge on any atom is -0.319 e. The molecule has 0 aliphatic heterocycles. The molecule has 0 aliphatic carbocycles. The van der Waals surface area contributed by atoms with Crippen molar-refractivity contribution in [3.63, 3.8) is 0 Å². The molecule has 2 nitrogen and oxygen atoms in total. The van der Waals surface area contributed by atoms with Crippen LogP contribution in [0.2, 0.25) is 0 Å². The van der Waals surface area contributed by atoms with Gasteiger partial charge < -0.3 is 5.73 Å². The molecule has 0 saturated heterocycles. The number of nitrogens with two attached hydrogens (primary N) is 1. The zero-order valence-electron chi connectivity index (χ0n) is 8.96. The van der Waals surface area contributed by atoms with Gasteiger partial charge in [-0.15, -0.1) is 11.3 Å². The third kappa shape index (κ3) is 2.42. The molecule has 0 saturated carbocycles. The van der Waals surface area contributed by atoms with Gasteiger partial charge in [0.15, 0.2) is 5.78 Å². The molecule has 1 rings (SSSR count). The van der Waals surface area contributed by atoms with Gasteiger partial charge >= 0.3 is 0 Å². The summed E-state index contributed by atoms with van der Waals surface area (Å²) in [5, 5.41) is 0. The van der Waals surface area contributed by atoms with Crippen LogP contribution in [0.4, 0.5) is 0 Å². The first-order chi connectivity index (χ1) is 6.47. The van der Waals surface area contributed by atoms with Crippen LogP contribution in [0, 0.1) is 6.92 Å². The van der Waals surface area contributed by atoms with Gasteiger partial charge in [-0.3, -0.25) is 4.79 Å². The van der Waals surface area contributed by atoms with Crippen molar-refractivity contribution in [1.29, 1.82) is 0 Å². The molecule has 14 heavy (non-hydrogen) atoms. The first kappa shape index (κ1) is 11.4. The average Bonchev–Trinajstić information content (AvgIpc) is 2.50. The number of hydrogen-bond acceptors (Lipinski definition) is 3. The Hall–Kier alpha value is -0.670. The summed E-state index contributed by atoms with van der Waals surface area (Å²) < 4.78 is 0. The van der Waals surface area contributed by atoms with Crippen LogP contribution in [0.1, 0.15) is 41.2 Å². The van der Waals surface area contributed by atoms with Crippen molar-refractivity contribution in [3.05, 3.63) is 21.9 Å². The summed E-state index contributed by atoms with van der Waals surface area (Å²) in [5.74, 6) is 0.0671. The Morgan fingerprint density at radius 2 is 2.21 bits per heavy atom. The summed E-state index contributed by atoms with van der Waals surface area (Å²) >= 11 is 1.52. The van der Waals surface area contributed by atoms with E-state index < -0.39 is 5.54 Å². The Morgan fingerprint density at radius 3 is 2.64 bits per heavy atom. The van der Waals surface area contributed by atoms with E-state index in [-0.39, 0.29) is 5.78 Å². The highest BCUT2D eigenvalue weighted by Crippen LogP contribution is 2.22. The first-order valence-electron chi connectivity index (χ1n) is 4.87. The predicted molar refractivity (Wildman–Crippen MR) is 60.9 cm³/mol. The highest BCUT2D eigenvalue weighted by molar-refractivity contribution is 7.14. The molecule has 1 aromatic rings. The number of Topliss-reactive ketones (excluding diaryl/α,β-unsaturated/α-hetero) is 1. The summed E-state index contributed by atoms with van der Waals surface area (Å²) in [5.41, 5.74) is 5.27. The fourth-order valence-electron chi connectivity index (χ4n) is 1.47. The minimum atomic E-state index is -0.702. The van der Waals surface area contributed by atoms with Crippen LogP contribution >= 0.6 is 11.3 Å². The lowest BCUT2D eigenvalue weighted by Gasteiger charge is -2.21. The summed E-state index contributed by atoms with van der Waals surface area (Å²) in [6.45, 7) is 5.85. The summed E-state index contributed by atoms with van der Waals surface area (Å²) in [4.78, 5) is 13.9. The largest absolute Gasteiger partial charge is 0.319 e. The first-order valence-corrected chi connectivity index (χ1v) is 5.69. The van der Waals surface area contributed by atoms with Gasteiger partial charge in [0.1, 0.15) is 0 Å². The molecule has 1 aromatic heterocycles. The van der Waals surface area contributed by atoms with E-state index in [1.54, 1.807) is 0 Å². The molecule has 0 bridgehead atoms. The van der Waals surface area contributed by atoms with E-state index in [2.05, 4.69) is 0 Å². The Balaban J connectivity index is 2.84. The molecule has 0 aromatic carbocycles. The molecule has 3 heteroatoms. The molecular formula is C11H17NOS. The van der Waals surface area contributed by atoms with Crippen molar-refractivity contribution in [2.75, 3.05) is 0 Å². The van der Waals surface area contributed by atoms with E-state index >= 15 is 0 Å². The highest BCUT2D eigenvalue weighted by atomic mass is 32.1. The number of aryl methyl sites for hydroxylation is 1. The van der Waals surface area contributed by atoms with Gasteiger partial charge in [-0.05, 0) is 32.4 Å². The van der Waals surface area contributed by atoms with Crippen LogP contribution in [0.5, 0.6) is 0 Å². The highest BCUT2D eigenvalue weighted by Gasteiger charge is 2.28. The van der Waals surface area contributed by atoms with Crippen LogP contribution in [-0.2, 0) is 0 Å². The monoisotopic (exact) mass is 211 g/mol. The molecular weight excluding hydrogens is 194 g/mol. The third-order valence-electron chi connectivity index (χ3n) is 2.25. The lowest BCUT2D eigenvalue weighted by Crippen LogP contribution is -2.44. The van der Waals surface area contributed by atoms with Crippen LogP contribution in [0.25, 0.3) is 0 Å². The van der Waals surface area contributed by atoms with Crippen molar-refractivity contribution in [3.8, 4) is 0 Å². The van der Waals surface area contributed by atoms with E-state index in [0.29, 0.717) is 0 Å². The summed E-state index contributed by atoms with van der Waals surface area (Å²) in [6.07, 6.45) is 1.67. The third-order valence-corrected chi connectivity index (χ3v) is 3.25. The topological polar surface area (TPSA) is 43.1 Å². The molecule has 1 heterocycles. The van der Waals surface area contributed by atoms with Gasteiger partial charge in [-0.2, -0.15) is 0 Å². The second-order valence-electron chi connectivity index (χ2n) is 3.91. The molecule has 2 N–H and O–H groups in total. The van der Waals surface area contributed by atoms with Crippen molar-refractivity contribution in [2.24, 2.45) is 5.73 Å². The Morgan fingerprint density at radius 1 is 1.57 bits per heavy atom. The van der Waals surface area contributed by atoms with E-state index in [9.17, 15) is 4.79 Å². The maximum Gasteiger partial charge on any atom is 0.192 e. The van der Waals surface area contributed by atoms with Crippen LogP contribution in [0.15, 0.2) is 12.1 Å². The maximum atomic E-state index is 12.0. The van der Waals surface area contributed by atoms with Crippen LogP contribution < -0.4 is 5.73 Å². The Kier molecular flexibility index (Phi) is 3.45. The van der Waals surface area contributed by atoms with E-state index in [1.807, 2.05) is 32.9 Å². The lowest BCUT2D eigenvalue weighted by molar-refractivity contribution is 0.0897. The number of thiophene rings is 1. The van der Waals surface area contributed by atoms with Crippen molar-refractivity contribution >= 4 is 17.1 Å². The normalized spacial score (nSPS) is 15.1. The van der Waals surface area contributed by atoms with Gasteiger partial charge in [0.25, 0.3) is 0 Å². The Bertz CT molecular complexity index is 328. The molecule has 0 radical (unpaired) electrons. The molecule has 1 unspecified atom stereocenters. The van der Waals surface area contributed by atoms with E-state index in [4.69, 9.17) is 5.73 Å². The number of hydrogen-bond donors (Lipinski definition) is 1. The number of carbonyl (C=O) groups is 1. The second-order valence-corrected chi connectivity index (χ2v) is 5.19. The van der Waals surface area contributed by atoms with Gasteiger partial charge in [-0.25, -0.2) is 0 Å². The number of rotatable bonds is 4. The van der Waals surface area contributed by atoms with E-state index in [0.717, 1.165) is 22.6 Å². The molecule has 78 valence electrons. The molecule has 0 amide bonds. The van der Waals surface area contributed by atoms with Gasteiger partial charge in [-0.1, -0.05) is 13.3 Å². The zero-order chi connectivity index (χ0) is 10.8. The second kappa shape index (κ2) is 4.24. The molecule has 0 spiro atoms. The lowest BCUT2D eigenvalue weighted by atomic mass is 9.91. The Labute approximate surface area is 89.1 Å². The molecule has 0 fully saturated rings. The molecule has 0 aliphatic rings. The predicted octanol–water partition coefficient (Wildman–Crippen LogP) is 2.76. The number of carbonyl (C=O) groups excluding carboxylic acids is 1. The minimum absolute atomic E-state index is 0.0671. The zero-order valence-corrected chi connectivity index (χ0v) is 9.78. The van der Waals surface area contributed by atoms with Gasteiger partial charge in [0.05, 0.1) is 10.4 Å².